The number of rotatable bonds is 11. The molecule has 1 aromatic heterocycles. The number of nitrogens with one attached hydrogen (secondary N) is 1. The summed E-state index contributed by atoms with van der Waals surface area (Å²) in [5.41, 5.74) is 5.14. The summed E-state index contributed by atoms with van der Waals surface area (Å²) in [6, 6.07) is 8.19. The molecule has 1 saturated carbocycles. The van der Waals surface area contributed by atoms with Crippen LogP contribution < -0.4 is 20.5 Å². The van der Waals surface area contributed by atoms with Gasteiger partial charge >= 0.3 is 0 Å². The Bertz CT molecular complexity index is 1050. The van der Waals surface area contributed by atoms with Gasteiger partial charge in [0.2, 0.25) is 11.8 Å². The number of benzene rings is 1. The lowest BCUT2D eigenvalue weighted by molar-refractivity contribution is -0.151. The van der Waals surface area contributed by atoms with E-state index >= 15 is 0 Å². The molecule has 35 heavy (non-hydrogen) atoms. The average Bonchev–Trinajstić information content (AvgIpc) is 3.42. The quantitative estimate of drug-likeness (QED) is 0.474. The molecule has 3 amide bonds. The molecule has 1 aromatic carbocycles. The van der Waals surface area contributed by atoms with E-state index in [-0.39, 0.29) is 24.8 Å². The van der Waals surface area contributed by atoms with E-state index < -0.39 is 23.3 Å². The molecule has 9 nitrogen and oxygen atoms in total. The van der Waals surface area contributed by atoms with Crippen LogP contribution in [0.3, 0.4) is 0 Å². The molecule has 0 aliphatic heterocycles. The number of nitrogens with zero attached hydrogens (tertiary/aromatic N) is 1. The van der Waals surface area contributed by atoms with Crippen LogP contribution in [-0.2, 0) is 15.1 Å². The molecule has 0 bridgehead atoms. The van der Waals surface area contributed by atoms with Crippen molar-refractivity contribution >= 4 is 17.7 Å². The molecule has 1 aliphatic carbocycles. The number of hydrogen-bond donors (Lipinski definition) is 2. The molecule has 2 aromatic rings. The predicted octanol–water partition coefficient (Wildman–Crippen LogP) is 3.00. The fraction of sp³-hybridized carbons (Fsp3) is 0.423. The average molecular weight is 484 g/mol. The Kier molecular flexibility index (Phi) is 8.57. The standard InChI is InChI=1S/C26H33N3O6/c1-4-14-29(23(30)17-28-24(31)21-11-8-15-35-21)26(25(27)32,18-9-6-5-7-10-18)20-13-12-19(33-2)16-22(20)34-3/h4,8,11-13,15-16,18H,1,5-7,9-10,14,17H2,2-3H3,(H2,27,32)(H,28,31). The van der Waals surface area contributed by atoms with Crippen LogP contribution in [0.2, 0.25) is 0 Å². The third-order valence-corrected chi connectivity index (χ3v) is 6.57. The number of primary amides is 1. The van der Waals surface area contributed by atoms with Crippen molar-refractivity contribution in [1.82, 2.24) is 10.2 Å². The van der Waals surface area contributed by atoms with Gasteiger partial charge in [-0.15, -0.1) is 6.58 Å². The molecule has 9 heteroatoms. The Morgan fingerprint density at radius 2 is 1.94 bits per heavy atom. The van der Waals surface area contributed by atoms with Crippen LogP contribution in [0.1, 0.15) is 48.2 Å². The van der Waals surface area contributed by atoms with Crippen LogP contribution in [0.5, 0.6) is 11.5 Å². The number of methoxy groups -OCH3 is 2. The number of ether oxygens (including phenoxy) is 2. The summed E-state index contributed by atoms with van der Waals surface area (Å²) in [6.45, 7) is 3.49. The smallest absolute Gasteiger partial charge is 0.287 e. The zero-order chi connectivity index (χ0) is 25.4. The first-order valence-corrected chi connectivity index (χ1v) is 11.7. The Labute approximate surface area is 205 Å². The Hall–Kier alpha value is -3.75. The van der Waals surface area contributed by atoms with E-state index in [4.69, 9.17) is 19.6 Å². The number of carbonyl (C=O) groups excluding carboxylic acids is 3. The van der Waals surface area contributed by atoms with E-state index in [0.717, 1.165) is 19.3 Å². The van der Waals surface area contributed by atoms with Crippen LogP contribution in [0.25, 0.3) is 0 Å². The van der Waals surface area contributed by atoms with Crippen molar-refractivity contribution in [2.45, 2.75) is 37.6 Å². The minimum atomic E-state index is -1.52. The van der Waals surface area contributed by atoms with Gasteiger partial charge in [0, 0.05) is 18.2 Å². The third-order valence-electron chi connectivity index (χ3n) is 6.57. The second-order valence-electron chi connectivity index (χ2n) is 8.48. The zero-order valence-electron chi connectivity index (χ0n) is 20.2. The SMILES string of the molecule is C=CCN(C(=O)CNC(=O)c1ccco1)C(C(N)=O)(c1ccc(OC)cc1OC)C1CCCCC1. The van der Waals surface area contributed by atoms with Crippen molar-refractivity contribution in [3.8, 4) is 11.5 Å². The van der Waals surface area contributed by atoms with Gasteiger partial charge in [-0.25, -0.2) is 0 Å². The molecule has 1 aliphatic rings. The maximum absolute atomic E-state index is 13.7. The summed E-state index contributed by atoms with van der Waals surface area (Å²) >= 11 is 0. The third kappa shape index (κ3) is 5.18. The monoisotopic (exact) mass is 483 g/mol. The second-order valence-corrected chi connectivity index (χ2v) is 8.48. The van der Waals surface area contributed by atoms with Crippen LogP contribution in [0.15, 0.2) is 53.7 Å². The first kappa shape index (κ1) is 25.9. The molecular formula is C26H33N3O6. The van der Waals surface area contributed by atoms with Gasteiger partial charge in [0.05, 0.1) is 27.0 Å². The molecule has 1 fully saturated rings. The van der Waals surface area contributed by atoms with Gasteiger partial charge in [-0.05, 0) is 43.0 Å². The van der Waals surface area contributed by atoms with Crippen molar-refractivity contribution in [2.75, 3.05) is 27.3 Å². The van der Waals surface area contributed by atoms with Crippen LogP contribution in [0.4, 0.5) is 0 Å². The largest absolute Gasteiger partial charge is 0.497 e. The first-order valence-electron chi connectivity index (χ1n) is 11.7. The fourth-order valence-corrected chi connectivity index (χ4v) is 5.00. The van der Waals surface area contributed by atoms with E-state index in [1.807, 2.05) is 0 Å². The lowest BCUT2D eigenvalue weighted by Gasteiger charge is -2.48. The summed E-state index contributed by atoms with van der Waals surface area (Å²) < 4.78 is 16.1. The molecule has 0 radical (unpaired) electrons. The van der Waals surface area contributed by atoms with Gasteiger partial charge in [-0.1, -0.05) is 25.3 Å². The zero-order valence-corrected chi connectivity index (χ0v) is 20.2. The van der Waals surface area contributed by atoms with Gasteiger partial charge in [-0.2, -0.15) is 0 Å². The van der Waals surface area contributed by atoms with E-state index in [9.17, 15) is 14.4 Å². The van der Waals surface area contributed by atoms with E-state index in [1.165, 1.54) is 31.4 Å². The molecule has 1 atom stereocenters. The Morgan fingerprint density at radius 1 is 1.20 bits per heavy atom. The van der Waals surface area contributed by atoms with Crippen molar-refractivity contribution in [3.05, 3.63) is 60.6 Å². The van der Waals surface area contributed by atoms with Crippen LogP contribution >= 0.6 is 0 Å². The number of furan rings is 1. The van der Waals surface area contributed by atoms with Gasteiger partial charge < -0.3 is 29.8 Å². The molecule has 188 valence electrons. The minimum absolute atomic E-state index is 0.0457. The maximum atomic E-state index is 13.7. The molecular weight excluding hydrogens is 450 g/mol. The Morgan fingerprint density at radius 3 is 2.51 bits per heavy atom. The molecule has 3 N–H and O–H groups in total. The molecule has 0 spiro atoms. The number of nitrogens with two attached hydrogens (primary N) is 1. The summed E-state index contributed by atoms with van der Waals surface area (Å²) in [6.07, 6.45) is 7.18. The topological polar surface area (TPSA) is 124 Å². The highest BCUT2D eigenvalue weighted by Gasteiger charge is 2.53. The van der Waals surface area contributed by atoms with E-state index in [0.29, 0.717) is 29.9 Å². The summed E-state index contributed by atoms with van der Waals surface area (Å²) in [4.78, 5) is 41.0. The van der Waals surface area contributed by atoms with Crippen LogP contribution in [-0.4, -0.2) is 49.9 Å². The second kappa shape index (κ2) is 11.6. The Balaban J connectivity index is 2.10. The van der Waals surface area contributed by atoms with Gasteiger partial charge in [0.25, 0.3) is 5.91 Å². The summed E-state index contributed by atoms with van der Waals surface area (Å²) in [5, 5.41) is 2.57. The van der Waals surface area contributed by atoms with E-state index in [2.05, 4.69) is 11.9 Å². The summed E-state index contributed by atoms with van der Waals surface area (Å²) in [5.74, 6) is -0.923. The molecule has 1 heterocycles. The van der Waals surface area contributed by atoms with Crippen LogP contribution in [0, 0.1) is 5.92 Å². The highest BCUT2D eigenvalue weighted by atomic mass is 16.5. The predicted molar refractivity (Wildman–Crippen MR) is 130 cm³/mol. The van der Waals surface area contributed by atoms with Crippen molar-refractivity contribution < 1.29 is 28.3 Å². The number of amides is 3. The lowest BCUT2D eigenvalue weighted by Crippen LogP contribution is -2.63. The molecule has 0 saturated heterocycles. The van der Waals surface area contributed by atoms with Crippen molar-refractivity contribution in [1.29, 1.82) is 0 Å². The number of hydrogen-bond acceptors (Lipinski definition) is 6. The molecule has 3 rings (SSSR count). The van der Waals surface area contributed by atoms with Gasteiger partial charge in [0.1, 0.15) is 11.5 Å². The summed E-state index contributed by atoms with van der Waals surface area (Å²) in [7, 11) is 3.03. The normalized spacial score (nSPS) is 15.5. The van der Waals surface area contributed by atoms with Crippen molar-refractivity contribution in [2.24, 2.45) is 11.7 Å². The van der Waals surface area contributed by atoms with Gasteiger partial charge in [0.15, 0.2) is 11.3 Å². The number of carbonyl (C=O) groups is 3. The maximum Gasteiger partial charge on any atom is 0.287 e. The van der Waals surface area contributed by atoms with Crippen molar-refractivity contribution in [3.63, 3.8) is 0 Å². The van der Waals surface area contributed by atoms with Gasteiger partial charge in [-0.3, -0.25) is 14.4 Å². The van der Waals surface area contributed by atoms with E-state index in [1.54, 1.807) is 30.3 Å². The minimum Gasteiger partial charge on any atom is -0.497 e. The highest BCUT2D eigenvalue weighted by Crippen LogP contribution is 2.47. The molecule has 1 unspecified atom stereocenters. The highest BCUT2D eigenvalue weighted by molar-refractivity contribution is 5.97. The lowest BCUT2D eigenvalue weighted by atomic mass is 9.68. The first-order chi connectivity index (χ1) is 16.9. The fourth-order valence-electron chi connectivity index (χ4n) is 5.00.